The molecule has 1 saturated heterocycles. The number of hydrogen-bond acceptors (Lipinski definition) is 4. The van der Waals surface area contributed by atoms with Gasteiger partial charge in [-0.3, -0.25) is 9.69 Å². The van der Waals surface area contributed by atoms with Gasteiger partial charge in [0.2, 0.25) is 5.91 Å². The van der Waals surface area contributed by atoms with Crippen LogP contribution in [0.15, 0.2) is 18.2 Å². The van der Waals surface area contributed by atoms with E-state index in [2.05, 4.69) is 10.2 Å². The van der Waals surface area contributed by atoms with Crippen molar-refractivity contribution >= 4 is 23.2 Å². The number of carbonyl (C=O) groups is 1. The number of rotatable bonds is 4. The lowest BCUT2D eigenvalue weighted by Crippen LogP contribution is -2.53. The molecule has 2 rings (SSSR count). The van der Waals surface area contributed by atoms with Gasteiger partial charge in [0.05, 0.1) is 13.2 Å². The molecule has 0 aliphatic carbocycles. The molecule has 0 radical (unpaired) electrons. The van der Waals surface area contributed by atoms with E-state index in [9.17, 15) is 4.79 Å². The first-order valence-corrected chi connectivity index (χ1v) is 7.13. The number of anilines is 1. The average molecular weight is 298 g/mol. The molecular formula is C14H20ClN3O2. The van der Waals surface area contributed by atoms with Crippen LogP contribution in [-0.4, -0.2) is 43.2 Å². The van der Waals surface area contributed by atoms with Crippen LogP contribution in [-0.2, 0) is 16.1 Å². The maximum absolute atomic E-state index is 12.1. The monoisotopic (exact) mass is 297 g/mol. The van der Waals surface area contributed by atoms with Crippen molar-refractivity contribution in [3.8, 4) is 0 Å². The zero-order valence-electron chi connectivity index (χ0n) is 11.6. The summed E-state index contributed by atoms with van der Waals surface area (Å²) >= 11 is 6.01. The summed E-state index contributed by atoms with van der Waals surface area (Å²) in [4.78, 5) is 14.1. The summed E-state index contributed by atoms with van der Waals surface area (Å²) in [6.45, 7) is 4.84. The molecule has 0 spiro atoms. The van der Waals surface area contributed by atoms with Crippen molar-refractivity contribution in [2.75, 3.05) is 32.0 Å². The molecule has 6 heteroatoms. The fourth-order valence-corrected chi connectivity index (χ4v) is 2.49. The Morgan fingerprint density at radius 1 is 1.60 bits per heavy atom. The van der Waals surface area contributed by atoms with Crippen molar-refractivity contribution in [1.29, 1.82) is 0 Å². The first-order valence-electron chi connectivity index (χ1n) is 6.75. The first-order chi connectivity index (χ1) is 9.61. The van der Waals surface area contributed by atoms with Crippen LogP contribution >= 0.6 is 11.6 Å². The average Bonchev–Trinajstić information content (AvgIpc) is 2.44. The molecule has 3 N–H and O–H groups in total. The van der Waals surface area contributed by atoms with Crippen LogP contribution in [0.5, 0.6) is 0 Å². The molecule has 1 aliphatic heterocycles. The maximum atomic E-state index is 12.1. The molecule has 1 aromatic rings. The summed E-state index contributed by atoms with van der Waals surface area (Å²) in [6.07, 6.45) is 0. The predicted octanol–water partition coefficient (Wildman–Crippen LogP) is 1.26. The molecular weight excluding hydrogens is 278 g/mol. The number of morpholine rings is 1. The van der Waals surface area contributed by atoms with Crippen molar-refractivity contribution in [2.24, 2.45) is 0 Å². The van der Waals surface area contributed by atoms with Gasteiger partial charge >= 0.3 is 0 Å². The van der Waals surface area contributed by atoms with E-state index in [0.29, 0.717) is 43.6 Å². The fraction of sp³-hybridized carbons (Fsp3) is 0.500. The Hall–Kier alpha value is -1.30. The number of hydrogen-bond donors (Lipinski definition) is 2. The standard InChI is InChI=1S/C14H20ClN3O2/c1-2-17-14(19)13-9-20-6-5-18(13)8-10-7-11(15)3-4-12(10)16/h3-4,7,13H,2,5-6,8-9,16H2,1H3,(H,17,19). The number of benzene rings is 1. The summed E-state index contributed by atoms with van der Waals surface area (Å²) in [5.41, 5.74) is 7.60. The topological polar surface area (TPSA) is 67.6 Å². The van der Waals surface area contributed by atoms with Gasteiger partial charge in [-0.15, -0.1) is 0 Å². The molecule has 1 aliphatic rings. The Labute approximate surface area is 124 Å². The molecule has 20 heavy (non-hydrogen) atoms. The van der Waals surface area contributed by atoms with Crippen LogP contribution in [0.4, 0.5) is 5.69 Å². The fourth-order valence-electron chi connectivity index (χ4n) is 2.29. The summed E-state index contributed by atoms with van der Waals surface area (Å²) < 4.78 is 5.41. The van der Waals surface area contributed by atoms with Gasteiger partial charge in [0.1, 0.15) is 6.04 Å². The van der Waals surface area contributed by atoms with E-state index in [4.69, 9.17) is 22.1 Å². The molecule has 1 heterocycles. The molecule has 1 unspecified atom stereocenters. The van der Waals surface area contributed by atoms with E-state index in [1.807, 2.05) is 13.0 Å². The van der Waals surface area contributed by atoms with Gasteiger partial charge in [-0.2, -0.15) is 0 Å². The van der Waals surface area contributed by atoms with Crippen molar-refractivity contribution in [1.82, 2.24) is 10.2 Å². The van der Waals surface area contributed by atoms with Crippen LogP contribution in [0, 0.1) is 0 Å². The summed E-state index contributed by atoms with van der Waals surface area (Å²) in [6, 6.07) is 5.13. The molecule has 1 fully saturated rings. The first kappa shape index (κ1) is 15.1. The molecule has 1 atom stereocenters. The summed E-state index contributed by atoms with van der Waals surface area (Å²) in [5.74, 6) is -0.00667. The van der Waals surface area contributed by atoms with E-state index < -0.39 is 0 Å². The number of nitrogen functional groups attached to an aromatic ring is 1. The van der Waals surface area contributed by atoms with Crippen molar-refractivity contribution in [3.05, 3.63) is 28.8 Å². The van der Waals surface area contributed by atoms with Crippen LogP contribution in [0.25, 0.3) is 0 Å². The van der Waals surface area contributed by atoms with Gasteiger partial charge in [-0.05, 0) is 30.7 Å². The zero-order chi connectivity index (χ0) is 14.5. The minimum Gasteiger partial charge on any atom is -0.398 e. The maximum Gasteiger partial charge on any atom is 0.239 e. The van der Waals surface area contributed by atoms with Crippen molar-refractivity contribution in [3.63, 3.8) is 0 Å². The molecule has 0 bridgehead atoms. The van der Waals surface area contributed by atoms with Gasteiger partial charge in [0.25, 0.3) is 0 Å². The van der Waals surface area contributed by atoms with E-state index in [1.165, 1.54) is 0 Å². The van der Waals surface area contributed by atoms with Gasteiger partial charge in [-0.1, -0.05) is 11.6 Å². The molecule has 0 saturated carbocycles. The Kier molecular flexibility index (Phi) is 5.23. The quantitative estimate of drug-likeness (QED) is 0.821. The van der Waals surface area contributed by atoms with Crippen LogP contribution < -0.4 is 11.1 Å². The highest BCUT2D eigenvalue weighted by Crippen LogP contribution is 2.21. The zero-order valence-corrected chi connectivity index (χ0v) is 12.3. The Bertz CT molecular complexity index is 481. The molecule has 5 nitrogen and oxygen atoms in total. The Morgan fingerprint density at radius 2 is 2.40 bits per heavy atom. The third kappa shape index (κ3) is 3.62. The Balaban J connectivity index is 2.12. The summed E-state index contributed by atoms with van der Waals surface area (Å²) in [5, 5.41) is 3.49. The van der Waals surface area contributed by atoms with Gasteiger partial charge in [0, 0.05) is 30.3 Å². The van der Waals surface area contributed by atoms with Gasteiger partial charge in [-0.25, -0.2) is 0 Å². The van der Waals surface area contributed by atoms with E-state index >= 15 is 0 Å². The van der Waals surface area contributed by atoms with Crippen LogP contribution in [0.1, 0.15) is 12.5 Å². The number of carbonyl (C=O) groups excluding carboxylic acids is 1. The highest BCUT2D eigenvalue weighted by Gasteiger charge is 2.29. The van der Waals surface area contributed by atoms with E-state index in [1.54, 1.807) is 12.1 Å². The number of halogens is 1. The second-order valence-electron chi connectivity index (χ2n) is 4.80. The number of amides is 1. The highest BCUT2D eigenvalue weighted by molar-refractivity contribution is 6.30. The number of nitrogens with two attached hydrogens (primary N) is 1. The van der Waals surface area contributed by atoms with Crippen molar-refractivity contribution in [2.45, 2.75) is 19.5 Å². The lowest BCUT2D eigenvalue weighted by molar-refractivity contribution is -0.132. The SMILES string of the molecule is CCNC(=O)C1COCCN1Cc1cc(Cl)ccc1N. The smallest absolute Gasteiger partial charge is 0.239 e. The predicted molar refractivity (Wildman–Crippen MR) is 79.6 cm³/mol. The van der Waals surface area contributed by atoms with Crippen LogP contribution in [0.2, 0.25) is 5.02 Å². The number of nitrogens with one attached hydrogen (secondary N) is 1. The normalized spacial score (nSPS) is 19.8. The minimum absolute atomic E-state index is 0.00667. The van der Waals surface area contributed by atoms with Crippen LogP contribution in [0.3, 0.4) is 0 Å². The van der Waals surface area contributed by atoms with Gasteiger partial charge in [0.15, 0.2) is 0 Å². The molecule has 1 aromatic carbocycles. The summed E-state index contributed by atoms with van der Waals surface area (Å²) in [7, 11) is 0. The highest BCUT2D eigenvalue weighted by atomic mass is 35.5. The second-order valence-corrected chi connectivity index (χ2v) is 5.24. The minimum atomic E-state index is -0.276. The third-order valence-electron chi connectivity index (χ3n) is 3.37. The van der Waals surface area contributed by atoms with E-state index in [0.717, 1.165) is 5.56 Å². The van der Waals surface area contributed by atoms with Crippen molar-refractivity contribution < 1.29 is 9.53 Å². The lowest BCUT2D eigenvalue weighted by Gasteiger charge is -2.34. The molecule has 1 amide bonds. The second kappa shape index (κ2) is 6.92. The number of ether oxygens (including phenoxy) is 1. The molecule has 110 valence electrons. The number of likely N-dealkylation sites (N-methyl/N-ethyl adjacent to an activating group) is 1. The molecule has 0 aromatic heterocycles. The largest absolute Gasteiger partial charge is 0.398 e. The van der Waals surface area contributed by atoms with E-state index in [-0.39, 0.29) is 11.9 Å². The lowest BCUT2D eigenvalue weighted by atomic mass is 10.1. The van der Waals surface area contributed by atoms with Gasteiger partial charge < -0.3 is 15.8 Å². The third-order valence-corrected chi connectivity index (χ3v) is 3.61. The number of nitrogens with zero attached hydrogens (tertiary/aromatic N) is 1. The Morgan fingerprint density at radius 3 is 3.15 bits per heavy atom.